The van der Waals surface area contributed by atoms with Crippen molar-refractivity contribution in [2.75, 3.05) is 6.54 Å². The molecule has 1 saturated heterocycles. The quantitative estimate of drug-likeness (QED) is 0.896. The summed E-state index contributed by atoms with van der Waals surface area (Å²) < 4.78 is 5.93. The third-order valence-corrected chi connectivity index (χ3v) is 5.31. The number of nitrogens with one attached hydrogen (secondary N) is 1. The van der Waals surface area contributed by atoms with Crippen LogP contribution in [-0.2, 0) is 13.1 Å². The van der Waals surface area contributed by atoms with Crippen molar-refractivity contribution in [3.05, 3.63) is 23.2 Å². The van der Waals surface area contributed by atoms with E-state index in [2.05, 4.69) is 44.0 Å². The molecule has 3 heteroatoms. The molecule has 1 N–H and O–H groups in total. The van der Waals surface area contributed by atoms with Gasteiger partial charge in [-0.25, -0.2) is 0 Å². The fourth-order valence-electron chi connectivity index (χ4n) is 3.62. The van der Waals surface area contributed by atoms with Gasteiger partial charge in [-0.15, -0.1) is 0 Å². The van der Waals surface area contributed by atoms with E-state index in [0.717, 1.165) is 42.5 Å². The topological polar surface area (TPSA) is 28.4 Å². The average molecular weight is 290 g/mol. The van der Waals surface area contributed by atoms with Crippen molar-refractivity contribution in [3.63, 3.8) is 0 Å². The maximum atomic E-state index is 5.93. The van der Waals surface area contributed by atoms with Gasteiger partial charge in [-0.1, -0.05) is 13.8 Å². The van der Waals surface area contributed by atoms with Crippen LogP contribution in [0, 0.1) is 18.8 Å². The summed E-state index contributed by atoms with van der Waals surface area (Å²) in [5.41, 5.74) is 1.37. The summed E-state index contributed by atoms with van der Waals surface area (Å²) in [5.74, 6) is 3.79. The Hall–Kier alpha value is -0.800. The number of hydrogen-bond acceptors (Lipinski definition) is 3. The summed E-state index contributed by atoms with van der Waals surface area (Å²) in [6.45, 7) is 12.4. The second-order valence-corrected chi connectivity index (χ2v) is 7.44. The fourth-order valence-corrected chi connectivity index (χ4v) is 3.62. The molecule has 1 aliphatic carbocycles. The number of furan rings is 1. The van der Waals surface area contributed by atoms with Gasteiger partial charge >= 0.3 is 0 Å². The number of rotatable bonds is 5. The highest BCUT2D eigenvalue weighted by atomic mass is 16.3. The Morgan fingerprint density at radius 3 is 2.76 bits per heavy atom. The third-order valence-electron chi connectivity index (χ3n) is 5.31. The standard InChI is InChI=1S/C18H30N2O/c1-12-7-13(2)14(3)20(10-12)11-16-8-18(21-15(16)4)9-19-17-5-6-17/h8,12-14,17,19H,5-7,9-11H2,1-4H3. The molecule has 3 atom stereocenters. The van der Waals surface area contributed by atoms with Gasteiger partial charge in [-0.05, 0) is 51.0 Å². The first-order valence-corrected chi connectivity index (χ1v) is 8.58. The first kappa shape index (κ1) is 15.1. The summed E-state index contributed by atoms with van der Waals surface area (Å²) in [4.78, 5) is 2.63. The van der Waals surface area contributed by atoms with Gasteiger partial charge < -0.3 is 9.73 Å². The van der Waals surface area contributed by atoms with Gasteiger partial charge in [0.1, 0.15) is 11.5 Å². The molecule has 118 valence electrons. The van der Waals surface area contributed by atoms with Crippen LogP contribution in [0.2, 0.25) is 0 Å². The molecule has 0 bridgehead atoms. The summed E-state index contributed by atoms with van der Waals surface area (Å²) in [7, 11) is 0. The highest BCUT2D eigenvalue weighted by Gasteiger charge is 2.29. The summed E-state index contributed by atoms with van der Waals surface area (Å²) in [5, 5.41) is 3.53. The average Bonchev–Trinajstić information content (AvgIpc) is 3.19. The van der Waals surface area contributed by atoms with E-state index in [1.165, 1.54) is 31.4 Å². The van der Waals surface area contributed by atoms with E-state index >= 15 is 0 Å². The van der Waals surface area contributed by atoms with E-state index in [0.29, 0.717) is 6.04 Å². The minimum absolute atomic E-state index is 0.670. The molecule has 3 nitrogen and oxygen atoms in total. The number of nitrogens with zero attached hydrogens (tertiary/aromatic N) is 1. The zero-order valence-corrected chi connectivity index (χ0v) is 14.0. The Balaban J connectivity index is 1.62. The second kappa shape index (κ2) is 6.13. The smallest absolute Gasteiger partial charge is 0.118 e. The van der Waals surface area contributed by atoms with Crippen molar-refractivity contribution >= 4 is 0 Å². The molecule has 0 radical (unpaired) electrons. The predicted molar refractivity (Wildman–Crippen MR) is 86.1 cm³/mol. The minimum atomic E-state index is 0.670. The van der Waals surface area contributed by atoms with Crippen LogP contribution in [0.4, 0.5) is 0 Å². The second-order valence-electron chi connectivity index (χ2n) is 7.44. The van der Waals surface area contributed by atoms with Gasteiger partial charge in [-0.2, -0.15) is 0 Å². The van der Waals surface area contributed by atoms with Crippen molar-refractivity contribution in [1.82, 2.24) is 10.2 Å². The van der Waals surface area contributed by atoms with Crippen LogP contribution >= 0.6 is 0 Å². The first-order chi connectivity index (χ1) is 10.0. The predicted octanol–water partition coefficient (Wildman–Crippen LogP) is 3.71. The largest absolute Gasteiger partial charge is 0.465 e. The number of piperidine rings is 1. The zero-order valence-electron chi connectivity index (χ0n) is 14.0. The summed E-state index contributed by atoms with van der Waals surface area (Å²) >= 11 is 0. The molecule has 1 saturated carbocycles. The molecule has 2 fully saturated rings. The SMILES string of the molecule is Cc1oc(CNC2CC2)cc1CN1CC(C)CC(C)C1C. The molecule has 21 heavy (non-hydrogen) atoms. The molecule has 1 aromatic rings. The molecular formula is C18H30N2O. The van der Waals surface area contributed by atoms with E-state index in [4.69, 9.17) is 4.42 Å². The third kappa shape index (κ3) is 3.70. The molecule has 1 aromatic heterocycles. The van der Waals surface area contributed by atoms with Crippen LogP contribution in [-0.4, -0.2) is 23.5 Å². The lowest BCUT2D eigenvalue weighted by Gasteiger charge is -2.41. The molecule has 1 aliphatic heterocycles. The number of hydrogen-bond donors (Lipinski definition) is 1. The fraction of sp³-hybridized carbons (Fsp3) is 0.778. The Kier molecular flexibility index (Phi) is 4.41. The van der Waals surface area contributed by atoms with Gasteiger partial charge in [-0.3, -0.25) is 4.90 Å². The number of likely N-dealkylation sites (tertiary alicyclic amines) is 1. The lowest BCUT2D eigenvalue weighted by atomic mass is 9.86. The van der Waals surface area contributed by atoms with Crippen molar-refractivity contribution in [1.29, 1.82) is 0 Å². The lowest BCUT2D eigenvalue weighted by Crippen LogP contribution is -2.45. The first-order valence-electron chi connectivity index (χ1n) is 8.58. The summed E-state index contributed by atoms with van der Waals surface area (Å²) in [6, 6.07) is 3.67. The molecule has 0 aromatic carbocycles. The molecule has 3 rings (SSSR count). The number of aryl methyl sites for hydroxylation is 1. The van der Waals surface area contributed by atoms with Crippen LogP contribution in [0.5, 0.6) is 0 Å². The molecule has 0 amide bonds. The minimum Gasteiger partial charge on any atom is -0.465 e. The normalized spacial score (nSPS) is 30.8. The summed E-state index contributed by atoms with van der Waals surface area (Å²) in [6.07, 6.45) is 4.01. The van der Waals surface area contributed by atoms with E-state index in [9.17, 15) is 0 Å². The Morgan fingerprint density at radius 2 is 2.05 bits per heavy atom. The van der Waals surface area contributed by atoms with Crippen LogP contribution in [0.15, 0.2) is 10.5 Å². The highest BCUT2D eigenvalue weighted by molar-refractivity contribution is 5.21. The van der Waals surface area contributed by atoms with E-state index in [-0.39, 0.29) is 0 Å². The van der Waals surface area contributed by atoms with Crippen molar-refractivity contribution in [2.45, 2.75) is 72.1 Å². The molecular weight excluding hydrogens is 260 g/mol. The van der Waals surface area contributed by atoms with E-state index < -0.39 is 0 Å². The van der Waals surface area contributed by atoms with Gasteiger partial charge in [0, 0.05) is 30.7 Å². The van der Waals surface area contributed by atoms with Crippen LogP contribution in [0.3, 0.4) is 0 Å². The van der Waals surface area contributed by atoms with E-state index in [1.807, 2.05) is 0 Å². The Morgan fingerprint density at radius 1 is 1.29 bits per heavy atom. The Labute approximate surface area is 129 Å². The van der Waals surface area contributed by atoms with Gasteiger partial charge in [0.15, 0.2) is 0 Å². The van der Waals surface area contributed by atoms with Crippen LogP contribution in [0.1, 0.15) is 57.1 Å². The monoisotopic (exact) mass is 290 g/mol. The van der Waals surface area contributed by atoms with Gasteiger partial charge in [0.05, 0.1) is 6.54 Å². The zero-order chi connectivity index (χ0) is 15.0. The Bertz CT molecular complexity index is 478. The van der Waals surface area contributed by atoms with Crippen LogP contribution in [0.25, 0.3) is 0 Å². The van der Waals surface area contributed by atoms with Gasteiger partial charge in [0.2, 0.25) is 0 Å². The van der Waals surface area contributed by atoms with Crippen LogP contribution < -0.4 is 5.32 Å². The van der Waals surface area contributed by atoms with Gasteiger partial charge in [0.25, 0.3) is 0 Å². The van der Waals surface area contributed by atoms with Crippen molar-refractivity contribution < 1.29 is 4.42 Å². The highest BCUT2D eigenvalue weighted by Crippen LogP contribution is 2.29. The lowest BCUT2D eigenvalue weighted by molar-refractivity contribution is 0.0725. The van der Waals surface area contributed by atoms with Crippen molar-refractivity contribution in [2.24, 2.45) is 11.8 Å². The molecule has 2 heterocycles. The van der Waals surface area contributed by atoms with E-state index in [1.54, 1.807) is 0 Å². The maximum Gasteiger partial charge on any atom is 0.118 e. The maximum absolute atomic E-state index is 5.93. The molecule has 3 unspecified atom stereocenters. The van der Waals surface area contributed by atoms with Crippen molar-refractivity contribution in [3.8, 4) is 0 Å². The molecule has 2 aliphatic rings. The molecule has 0 spiro atoms.